The molecule has 0 aliphatic heterocycles. The topological polar surface area (TPSA) is 82.3 Å². The molecule has 0 bridgehead atoms. The van der Waals surface area contributed by atoms with Gasteiger partial charge >= 0.3 is 273 Å². The van der Waals surface area contributed by atoms with Gasteiger partial charge in [-0.15, -0.1) is 0 Å². The number of urea groups is 2. The Bertz CT molecular complexity index is 1780. The molecule has 2 aliphatic carbocycles. The second-order valence-electron chi connectivity index (χ2n) is 10.9. The van der Waals surface area contributed by atoms with E-state index < -0.39 is 68.1 Å². The van der Waals surface area contributed by atoms with E-state index in [9.17, 15) is 9.59 Å². The molecule has 0 unspecified atom stereocenters. The number of nitrogens with one attached hydrogen (secondary N) is 4. The summed E-state index contributed by atoms with van der Waals surface area (Å²) in [7, 11) is 0. The van der Waals surface area contributed by atoms with Gasteiger partial charge in [0, 0.05) is 0 Å². The second-order valence-corrected chi connectivity index (χ2v) is 17.3. The number of carbonyl (C=O) groups excluding carboxylic acids is 2. The molecule has 4 aromatic rings. The predicted octanol–water partition coefficient (Wildman–Crippen LogP) is 8.46. The molecule has 0 aromatic heterocycles. The molecule has 11 heteroatoms. The van der Waals surface area contributed by atoms with Gasteiger partial charge in [0.15, 0.2) is 0 Å². The quantitative estimate of drug-likeness (QED) is 0.112. The molecular weight excluding hydrogens is 644 g/mol. The summed E-state index contributed by atoms with van der Waals surface area (Å²) in [6.07, 6.45) is 13.4. The summed E-state index contributed by atoms with van der Waals surface area (Å²) < 4.78 is 63.8. The Morgan fingerprint density at radius 3 is 1.21 bits per heavy atom. The number of allylic oxidation sites excluding steroid dienone is 8. The van der Waals surface area contributed by atoms with E-state index in [0.29, 0.717) is 11.4 Å². The number of hydrogen-bond acceptors (Lipinski definition) is 2. The average Bonchev–Trinajstić information content (AvgIpc) is 3.80. The van der Waals surface area contributed by atoms with Crippen LogP contribution >= 0.6 is 0 Å². The maximum absolute atomic E-state index is 16.9. The number of rotatable bonds is 8. The fourth-order valence-electron chi connectivity index (χ4n) is 6.15. The Morgan fingerprint density at radius 2 is 0.851 bits per heavy atom. The van der Waals surface area contributed by atoms with Crippen LogP contribution in [0, 0.1) is 23.3 Å². The monoisotopic (exact) mass is 672 g/mol. The van der Waals surface area contributed by atoms with Crippen molar-refractivity contribution in [2.45, 2.75) is 8.45 Å². The molecule has 0 atom stereocenters. The van der Waals surface area contributed by atoms with Crippen LogP contribution in [0.15, 0.2) is 134 Å². The molecule has 236 valence electrons. The molecule has 47 heavy (non-hydrogen) atoms. The van der Waals surface area contributed by atoms with Crippen molar-refractivity contribution in [1.29, 1.82) is 0 Å². The predicted molar refractivity (Wildman–Crippen MR) is 174 cm³/mol. The van der Waals surface area contributed by atoms with E-state index in [4.69, 9.17) is 0 Å². The van der Waals surface area contributed by atoms with Crippen LogP contribution in [0.4, 0.5) is 49.9 Å². The molecule has 6 rings (SSSR count). The summed E-state index contributed by atoms with van der Waals surface area (Å²) in [5, 5.41) is 10.0. The maximum atomic E-state index is 16.9. The molecule has 0 fully saturated rings. The number of amides is 4. The van der Waals surface area contributed by atoms with Crippen molar-refractivity contribution in [2.24, 2.45) is 0 Å². The summed E-state index contributed by atoms with van der Waals surface area (Å²) in [5.74, 6) is -4.26. The van der Waals surface area contributed by atoms with Gasteiger partial charge in [-0.05, 0) is 0 Å². The molecule has 0 saturated heterocycles. The van der Waals surface area contributed by atoms with Gasteiger partial charge < -0.3 is 0 Å². The van der Waals surface area contributed by atoms with Crippen molar-refractivity contribution in [3.05, 3.63) is 157 Å². The van der Waals surface area contributed by atoms with Gasteiger partial charge in [0.25, 0.3) is 0 Å². The Morgan fingerprint density at radius 1 is 0.489 bits per heavy atom. The minimum absolute atomic E-state index is 0.362. The van der Waals surface area contributed by atoms with E-state index >= 15 is 17.6 Å². The number of anilines is 4. The average molecular weight is 673 g/mol. The fraction of sp³-hybridized carbons (Fsp3) is 0.0556. The Balaban J connectivity index is 1.50. The first-order valence-corrected chi connectivity index (χ1v) is 18.1. The van der Waals surface area contributed by atoms with Crippen LogP contribution in [-0.4, -0.2) is 12.1 Å². The van der Waals surface area contributed by atoms with E-state index in [1.807, 2.05) is 0 Å². The summed E-state index contributed by atoms with van der Waals surface area (Å²) >= 11 is -5.16. The SMILES string of the molecule is O=C(Nc1ccccc1)Nc1ccc(F)[c]([Ti]([c]2c(F)ccc(NC(=O)Nc3ccccc3)c2F)([CH]2C=CC=C2)[CH]2C=CC=C2)c1F. The van der Waals surface area contributed by atoms with Crippen molar-refractivity contribution in [1.82, 2.24) is 0 Å². The minimum atomic E-state index is -5.16. The van der Waals surface area contributed by atoms with Crippen LogP contribution in [0.5, 0.6) is 0 Å². The van der Waals surface area contributed by atoms with Gasteiger partial charge in [0.2, 0.25) is 0 Å². The molecular formula is C36H28F4N4O2Ti. The van der Waals surface area contributed by atoms with Crippen molar-refractivity contribution >= 4 is 42.5 Å². The van der Waals surface area contributed by atoms with Crippen LogP contribution in [0.3, 0.4) is 0 Å². The number of carbonyl (C=O) groups is 2. The van der Waals surface area contributed by atoms with Crippen molar-refractivity contribution in [3.63, 3.8) is 0 Å². The van der Waals surface area contributed by atoms with Gasteiger partial charge in [0.1, 0.15) is 0 Å². The zero-order valence-corrected chi connectivity index (χ0v) is 26.2. The summed E-state index contributed by atoms with van der Waals surface area (Å²) in [5.41, 5.74) is 0.150. The molecule has 0 heterocycles. The van der Waals surface area contributed by atoms with E-state index in [1.54, 1.807) is 109 Å². The Hall–Kier alpha value is -5.19. The molecule has 4 amide bonds. The third-order valence-electron chi connectivity index (χ3n) is 8.12. The van der Waals surface area contributed by atoms with E-state index in [2.05, 4.69) is 21.3 Å². The molecule has 0 radical (unpaired) electrons. The van der Waals surface area contributed by atoms with Crippen molar-refractivity contribution in [2.75, 3.05) is 21.3 Å². The van der Waals surface area contributed by atoms with Gasteiger partial charge in [-0.3, -0.25) is 0 Å². The Labute approximate surface area is 271 Å². The zero-order valence-electron chi connectivity index (χ0n) is 24.7. The number of benzene rings is 4. The summed E-state index contributed by atoms with van der Waals surface area (Å²) in [4.78, 5) is 25.7. The zero-order chi connectivity index (χ0) is 33.0. The van der Waals surface area contributed by atoms with E-state index in [-0.39, 0.29) is 11.4 Å². The number of halogens is 4. The fourth-order valence-corrected chi connectivity index (χ4v) is 15.0. The van der Waals surface area contributed by atoms with Crippen LogP contribution in [0.2, 0.25) is 8.45 Å². The molecule has 6 nitrogen and oxygen atoms in total. The number of hydrogen-bond donors (Lipinski definition) is 4. The van der Waals surface area contributed by atoms with Gasteiger partial charge in [-0.25, -0.2) is 0 Å². The first kappa shape index (κ1) is 31.8. The van der Waals surface area contributed by atoms with Crippen molar-refractivity contribution in [3.8, 4) is 0 Å². The molecule has 0 saturated carbocycles. The Kier molecular flexibility index (Phi) is 9.24. The normalized spacial score (nSPS) is 14.0. The molecule has 0 spiro atoms. The summed E-state index contributed by atoms with van der Waals surface area (Å²) in [6.45, 7) is 0. The van der Waals surface area contributed by atoms with Crippen LogP contribution < -0.4 is 29.0 Å². The van der Waals surface area contributed by atoms with Crippen LogP contribution in [0.25, 0.3) is 0 Å². The van der Waals surface area contributed by atoms with Crippen molar-refractivity contribution < 1.29 is 43.7 Å². The first-order chi connectivity index (χ1) is 22.8. The van der Waals surface area contributed by atoms with Gasteiger partial charge in [0.05, 0.1) is 0 Å². The second kappa shape index (κ2) is 13.7. The molecule has 2 aliphatic rings. The van der Waals surface area contributed by atoms with Gasteiger partial charge in [-0.1, -0.05) is 0 Å². The van der Waals surface area contributed by atoms with E-state index in [0.717, 1.165) is 24.3 Å². The third-order valence-corrected chi connectivity index (χ3v) is 16.6. The van der Waals surface area contributed by atoms with Crippen LogP contribution in [-0.2, 0) is 16.6 Å². The summed E-state index contributed by atoms with van der Waals surface area (Å²) in [6, 6.07) is 19.4. The van der Waals surface area contributed by atoms with Crippen LogP contribution in [0.1, 0.15) is 0 Å². The molecule has 4 aromatic carbocycles. The van der Waals surface area contributed by atoms with Gasteiger partial charge in [-0.2, -0.15) is 0 Å². The molecule has 4 N–H and O–H groups in total. The number of para-hydroxylation sites is 2. The first-order valence-electron chi connectivity index (χ1n) is 14.7. The van der Waals surface area contributed by atoms with E-state index in [1.165, 1.54) is 0 Å². The third kappa shape index (κ3) is 6.30. The standard InChI is InChI=1S/2C13H9F2N2O.2C5H5.Ti/c2*14-9-6-7-12(11(15)8-9)17-13(18)16-10-4-2-1-3-5-10;2*1-2-4-5-3-1;/h2*1-7H,(H2,16,17,18);2*1-5H;.